The maximum absolute atomic E-state index is 10.7. The van der Waals surface area contributed by atoms with Crippen LogP contribution in [-0.4, -0.2) is 31.7 Å². The van der Waals surface area contributed by atoms with E-state index in [4.69, 9.17) is 0 Å². The molecule has 1 heterocycles. The first-order valence-electron chi connectivity index (χ1n) is 8.53. The summed E-state index contributed by atoms with van der Waals surface area (Å²) in [7, 11) is 0. The van der Waals surface area contributed by atoms with E-state index in [2.05, 4.69) is 18.9 Å². The average Bonchev–Trinajstić information content (AvgIpc) is 2.80. The summed E-state index contributed by atoms with van der Waals surface area (Å²) >= 11 is 0. The van der Waals surface area contributed by atoms with Crippen molar-refractivity contribution in [2.75, 3.05) is 0 Å². The first-order chi connectivity index (χ1) is 10.1. The Hall–Kier alpha value is -0.870. The van der Waals surface area contributed by atoms with Crippen molar-refractivity contribution >= 4 is 0 Å². The molecule has 2 rings (SSSR count). The Morgan fingerprint density at radius 1 is 1.19 bits per heavy atom. The van der Waals surface area contributed by atoms with Gasteiger partial charge in [0.25, 0.3) is 0 Å². The molecule has 1 aliphatic carbocycles. The second-order valence-electron chi connectivity index (χ2n) is 6.50. The van der Waals surface area contributed by atoms with Crippen molar-refractivity contribution in [3.05, 3.63) is 18.0 Å². The highest BCUT2D eigenvalue weighted by molar-refractivity contribution is 5.04. The lowest BCUT2D eigenvalue weighted by Gasteiger charge is -2.31. The Morgan fingerprint density at radius 2 is 1.81 bits per heavy atom. The van der Waals surface area contributed by atoms with Gasteiger partial charge < -0.3 is 10.2 Å². The summed E-state index contributed by atoms with van der Waals surface area (Å²) in [5.41, 5.74) is -0.0399. The van der Waals surface area contributed by atoms with Crippen LogP contribution in [0, 0.1) is 0 Å². The van der Waals surface area contributed by atoms with Gasteiger partial charge in [-0.3, -0.25) is 4.68 Å². The first-order valence-corrected chi connectivity index (χ1v) is 8.53. The standard InChI is InChI=1S/C17H30N2O2/c1-3-15(4-2)19-12-9-14(18-19)13-16(20)17(21)10-7-5-6-8-11-17/h9,12,15-16,20-21H,3-8,10-11,13H2,1-2H3. The van der Waals surface area contributed by atoms with E-state index in [9.17, 15) is 10.2 Å². The largest absolute Gasteiger partial charge is 0.390 e. The van der Waals surface area contributed by atoms with Crippen LogP contribution in [0.25, 0.3) is 0 Å². The van der Waals surface area contributed by atoms with Crippen LogP contribution in [-0.2, 0) is 6.42 Å². The topological polar surface area (TPSA) is 58.3 Å². The number of aliphatic hydroxyl groups excluding tert-OH is 1. The fraction of sp³-hybridized carbons (Fsp3) is 0.824. The lowest BCUT2D eigenvalue weighted by molar-refractivity contribution is -0.0840. The fourth-order valence-corrected chi connectivity index (χ4v) is 3.41. The number of nitrogens with zero attached hydrogens (tertiary/aromatic N) is 2. The third kappa shape index (κ3) is 4.07. The Morgan fingerprint density at radius 3 is 2.38 bits per heavy atom. The van der Waals surface area contributed by atoms with Gasteiger partial charge in [0, 0.05) is 12.6 Å². The summed E-state index contributed by atoms with van der Waals surface area (Å²) in [6, 6.07) is 2.40. The van der Waals surface area contributed by atoms with E-state index < -0.39 is 11.7 Å². The zero-order chi connectivity index (χ0) is 15.3. The van der Waals surface area contributed by atoms with E-state index in [1.165, 1.54) is 12.8 Å². The molecular formula is C17H30N2O2. The molecule has 1 atom stereocenters. The van der Waals surface area contributed by atoms with Crippen molar-refractivity contribution in [1.29, 1.82) is 0 Å². The van der Waals surface area contributed by atoms with Gasteiger partial charge in [-0.15, -0.1) is 0 Å². The van der Waals surface area contributed by atoms with E-state index in [1.54, 1.807) is 0 Å². The van der Waals surface area contributed by atoms with Gasteiger partial charge in [-0.1, -0.05) is 39.5 Å². The lowest BCUT2D eigenvalue weighted by atomic mass is 9.86. The van der Waals surface area contributed by atoms with Crippen molar-refractivity contribution in [3.8, 4) is 0 Å². The highest BCUT2D eigenvalue weighted by Gasteiger charge is 2.36. The van der Waals surface area contributed by atoms with Gasteiger partial charge in [0.05, 0.1) is 23.4 Å². The Bertz CT molecular complexity index is 418. The molecule has 0 aliphatic heterocycles. The molecule has 1 aliphatic rings. The molecule has 1 unspecified atom stereocenters. The van der Waals surface area contributed by atoms with Crippen LogP contribution < -0.4 is 0 Å². The number of hydrogen-bond donors (Lipinski definition) is 2. The van der Waals surface area contributed by atoms with Crippen molar-refractivity contribution in [1.82, 2.24) is 9.78 Å². The molecule has 4 heteroatoms. The SMILES string of the molecule is CCC(CC)n1ccc(CC(O)C2(O)CCCCCC2)n1. The highest BCUT2D eigenvalue weighted by atomic mass is 16.3. The molecule has 0 spiro atoms. The number of aliphatic hydroxyl groups is 2. The molecule has 0 radical (unpaired) electrons. The average molecular weight is 294 g/mol. The molecule has 0 saturated heterocycles. The van der Waals surface area contributed by atoms with E-state index in [0.717, 1.165) is 31.4 Å². The summed E-state index contributed by atoms with van der Waals surface area (Å²) < 4.78 is 2.00. The number of rotatable bonds is 6. The van der Waals surface area contributed by atoms with Crippen molar-refractivity contribution < 1.29 is 10.2 Å². The summed E-state index contributed by atoms with van der Waals surface area (Å²) in [4.78, 5) is 0. The van der Waals surface area contributed by atoms with Crippen molar-refractivity contribution in [2.45, 2.75) is 89.4 Å². The fourth-order valence-electron chi connectivity index (χ4n) is 3.41. The molecule has 0 aromatic carbocycles. The highest BCUT2D eigenvalue weighted by Crippen LogP contribution is 2.31. The summed E-state index contributed by atoms with van der Waals surface area (Å²) in [5, 5.41) is 25.8. The van der Waals surface area contributed by atoms with E-state index in [1.807, 2.05) is 16.9 Å². The Kier molecular flexibility index (Phi) is 5.82. The molecular weight excluding hydrogens is 264 g/mol. The molecule has 120 valence electrons. The van der Waals surface area contributed by atoms with Crippen molar-refractivity contribution in [2.24, 2.45) is 0 Å². The van der Waals surface area contributed by atoms with Gasteiger partial charge in [0.15, 0.2) is 0 Å². The quantitative estimate of drug-likeness (QED) is 0.792. The predicted octanol–water partition coefficient (Wildman–Crippen LogP) is 3.23. The summed E-state index contributed by atoms with van der Waals surface area (Å²) in [6.45, 7) is 4.33. The maximum atomic E-state index is 10.7. The van der Waals surface area contributed by atoms with E-state index >= 15 is 0 Å². The van der Waals surface area contributed by atoms with Gasteiger partial charge in [0.2, 0.25) is 0 Å². The molecule has 2 N–H and O–H groups in total. The minimum absolute atomic E-state index is 0.428. The third-order valence-corrected chi connectivity index (χ3v) is 4.97. The van der Waals surface area contributed by atoms with Gasteiger partial charge in [-0.05, 0) is 31.7 Å². The van der Waals surface area contributed by atoms with Gasteiger partial charge >= 0.3 is 0 Å². The third-order valence-electron chi connectivity index (χ3n) is 4.97. The smallest absolute Gasteiger partial charge is 0.0909 e. The van der Waals surface area contributed by atoms with Gasteiger partial charge in [-0.25, -0.2) is 0 Å². The maximum Gasteiger partial charge on any atom is 0.0909 e. The van der Waals surface area contributed by atoms with Crippen molar-refractivity contribution in [3.63, 3.8) is 0 Å². The minimum atomic E-state index is -0.921. The molecule has 4 nitrogen and oxygen atoms in total. The molecule has 1 aromatic heterocycles. The predicted molar refractivity (Wildman–Crippen MR) is 84.2 cm³/mol. The molecule has 1 aromatic rings. The summed E-state index contributed by atoms with van der Waals surface area (Å²) in [5.74, 6) is 0. The molecule has 21 heavy (non-hydrogen) atoms. The van der Waals surface area contributed by atoms with E-state index in [-0.39, 0.29) is 0 Å². The van der Waals surface area contributed by atoms with Crippen LogP contribution in [0.15, 0.2) is 12.3 Å². The first kappa shape index (κ1) is 16.5. The minimum Gasteiger partial charge on any atom is -0.390 e. The molecule has 0 amide bonds. The van der Waals surface area contributed by atoms with Crippen LogP contribution in [0.4, 0.5) is 0 Å². The molecule has 1 saturated carbocycles. The Balaban J connectivity index is 2.00. The number of hydrogen-bond acceptors (Lipinski definition) is 3. The molecule has 0 bridgehead atoms. The van der Waals surface area contributed by atoms with Gasteiger partial charge in [0.1, 0.15) is 0 Å². The van der Waals surface area contributed by atoms with Crippen LogP contribution >= 0.6 is 0 Å². The number of aromatic nitrogens is 2. The zero-order valence-corrected chi connectivity index (χ0v) is 13.5. The Labute approximate surface area is 128 Å². The second kappa shape index (κ2) is 7.41. The van der Waals surface area contributed by atoms with Crippen LogP contribution in [0.5, 0.6) is 0 Å². The monoisotopic (exact) mass is 294 g/mol. The second-order valence-corrected chi connectivity index (χ2v) is 6.50. The molecule has 1 fully saturated rings. The summed E-state index contributed by atoms with van der Waals surface area (Å²) in [6.07, 6.45) is 9.63. The van der Waals surface area contributed by atoms with Crippen LogP contribution in [0.3, 0.4) is 0 Å². The normalized spacial score (nSPS) is 20.4. The van der Waals surface area contributed by atoms with E-state index in [0.29, 0.717) is 25.3 Å². The van der Waals surface area contributed by atoms with Crippen LogP contribution in [0.2, 0.25) is 0 Å². The lowest BCUT2D eigenvalue weighted by Crippen LogP contribution is -2.43. The van der Waals surface area contributed by atoms with Crippen LogP contribution in [0.1, 0.15) is 76.9 Å². The zero-order valence-electron chi connectivity index (χ0n) is 13.5. The van der Waals surface area contributed by atoms with Gasteiger partial charge in [-0.2, -0.15) is 5.10 Å².